The molecule has 0 fully saturated rings. The van der Waals surface area contributed by atoms with Gasteiger partial charge < -0.3 is 10.1 Å². The summed E-state index contributed by atoms with van der Waals surface area (Å²) in [7, 11) is 1.25. The van der Waals surface area contributed by atoms with E-state index in [2.05, 4.69) is 10.1 Å². The summed E-state index contributed by atoms with van der Waals surface area (Å²) in [4.78, 5) is 21.2. The number of hydrogen-bond donors (Lipinski definition) is 1. The fourth-order valence-electron chi connectivity index (χ4n) is 0.422. The molecular weight excluding hydrogens is 261 g/mol. The maximum Gasteiger partial charge on any atom is 0.355 e. The third kappa shape index (κ3) is 3.97. The van der Waals surface area contributed by atoms with Crippen molar-refractivity contribution < 1.29 is 14.3 Å². The molecule has 1 amide bonds. The molecule has 62 valence electrons. The lowest BCUT2D eigenvalue weighted by molar-refractivity contribution is -0.137. The highest BCUT2D eigenvalue weighted by Gasteiger charge is 2.08. The Labute approximate surface area is 78.1 Å². The van der Waals surface area contributed by atoms with E-state index in [0.29, 0.717) is 0 Å². The summed E-state index contributed by atoms with van der Waals surface area (Å²) < 4.78 is 5.83. The number of nitrogens with one attached hydrogen (secondary N) is 1. The van der Waals surface area contributed by atoms with Gasteiger partial charge >= 0.3 is 5.97 Å². The fraction of sp³-hybridized carbons (Fsp3) is 0.333. The Balaban J connectivity index is 4.20. The van der Waals surface area contributed by atoms with Crippen molar-refractivity contribution in [1.29, 1.82) is 0 Å². The van der Waals surface area contributed by atoms with Gasteiger partial charge in [0, 0.05) is 11.0 Å². The van der Waals surface area contributed by atoms with Crippen LogP contribution in [0.4, 0.5) is 0 Å². The number of hydrogen-bond acceptors (Lipinski definition) is 3. The first-order chi connectivity index (χ1) is 5.11. The third-order valence-corrected chi connectivity index (χ3v) is 1.45. The van der Waals surface area contributed by atoms with Crippen molar-refractivity contribution in [3.05, 3.63) is 9.78 Å². The minimum Gasteiger partial charge on any atom is -0.464 e. The van der Waals surface area contributed by atoms with Gasteiger partial charge in [0.2, 0.25) is 5.91 Å². The maximum atomic E-state index is 10.8. The van der Waals surface area contributed by atoms with Crippen LogP contribution in [0.5, 0.6) is 0 Å². The van der Waals surface area contributed by atoms with Crippen molar-refractivity contribution in [2.24, 2.45) is 0 Å². The van der Waals surface area contributed by atoms with Crippen LogP contribution in [-0.4, -0.2) is 19.0 Å². The number of esters is 1. The molecule has 0 heterocycles. The van der Waals surface area contributed by atoms with Crippen LogP contribution in [-0.2, 0) is 14.3 Å². The molecule has 0 aliphatic heterocycles. The average Bonchev–Trinajstić information content (AvgIpc) is 1.98. The first-order valence-corrected chi connectivity index (χ1v) is 4.02. The zero-order valence-corrected chi connectivity index (χ0v) is 8.34. The smallest absolute Gasteiger partial charge is 0.355 e. The second kappa shape index (κ2) is 5.11. The van der Waals surface area contributed by atoms with E-state index < -0.39 is 5.97 Å². The minimum atomic E-state index is -0.547. The average molecular weight is 269 g/mol. The lowest BCUT2D eigenvalue weighted by Gasteiger charge is -2.02. The molecule has 0 radical (unpaired) electrons. The topological polar surface area (TPSA) is 55.4 Å². The standard InChI is InChI=1S/C6H8INO3/c1-4(9)8-5(3-7)6(10)11-2/h3H,1-2H3,(H,8,9). The monoisotopic (exact) mass is 269 g/mol. The third-order valence-electron chi connectivity index (χ3n) is 0.825. The van der Waals surface area contributed by atoms with Crippen LogP contribution in [0, 0.1) is 0 Å². The highest BCUT2D eigenvalue weighted by Crippen LogP contribution is 1.97. The molecule has 1 N–H and O–H groups in total. The summed E-state index contributed by atoms with van der Waals surface area (Å²) in [5.74, 6) is -0.840. The normalized spacial score (nSPS) is 10.6. The molecule has 0 bridgehead atoms. The molecule has 0 rings (SSSR count). The summed E-state index contributed by atoms with van der Waals surface area (Å²) in [6.45, 7) is 1.32. The number of carbonyl (C=O) groups is 2. The Morgan fingerprint density at radius 1 is 1.55 bits per heavy atom. The summed E-state index contributed by atoms with van der Waals surface area (Å²) in [6.07, 6.45) is 0. The predicted molar refractivity (Wildman–Crippen MR) is 47.9 cm³/mol. The first kappa shape index (κ1) is 10.4. The minimum absolute atomic E-state index is 0.153. The van der Waals surface area contributed by atoms with Gasteiger partial charge in [-0.2, -0.15) is 0 Å². The Kier molecular flexibility index (Phi) is 4.84. The molecule has 0 aromatic carbocycles. The molecule has 5 heteroatoms. The van der Waals surface area contributed by atoms with E-state index in [9.17, 15) is 9.59 Å². The Bertz CT molecular complexity index is 200. The van der Waals surface area contributed by atoms with E-state index in [-0.39, 0.29) is 11.6 Å². The highest BCUT2D eigenvalue weighted by atomic mass is 127. The molecule has 11 heavy (non-hydrogen) atoms. The lowest BCUT2D eigenvalue weighted by atomic mass is 10.5. The molecule has 0 aromatic rings. The van der Waals surface area contributed by atoms with Crippen LogP contribution in [0.15, 0.2) is 9.78 Å². The van der Waals surface area contributed by atoms with Crippen molar-refractivity contribution in [2.45, 2.75) is 6.92 Å². The van der Waals surface area contributed by atoms with Gasteiger partial charge in [-0.3, -0.25) is 4.79 Å². The Morgan fingerprint density at radius 2 is 2.09 bits per heavy atom. The van der Waals surface area contributed by atoms with E-state index in [1.165, 1.54) is 18.1 Å². The van der Waals surface area contributed by atoms with Crippen LogP contribution in [0.2, 0.25) is 0 Å². The predicted octanol–water partition coefficient (Wildman–Crippen LogP) is 0.572. The van der Waals surface area contributed by atoms with Crippen molar-refractivity contribution in [3.8, 4) is 0 Å². The lowest BCUT2D eigenvalue weighted by Crippen LogP contribution is -2.25. The second-order valence-electron chi connectivity index (χ2n) is 1.70. The molecule has 0 aliphatic carbocycles. The van der Waals surface area contributed by atoms with Gasteiger partial charge in [0.15, 0.2) is 0 Å². The van der Waals surface area contributed by atoms with Gasteiger partial charge in [0.05, 0.1) is 7.11 Å². The Hall–Kier alpha value is -0.590. The quantitative estimate of drug-likeness (QED) is 0.453. The zero-order chi connectivity index (χ0) is 8.85. The van der Waals surface area contributed by atoms with E-state index in [0.717, 1.165) is 0 Å². The van der Waals surface area contributed by atoms with Crippen LogP contribution in [0.3, 0.4) is 0 Å². The number of halogens is 1. The summed E-state index contributed by atoms with van der Waals surface area (Å²) in [5, 5.41) is 2.32. The molecule has 0 atom stereocenters. The molecule has 0 aliphatic rings. The zero-order valence-electron chi connectivity index (χ0n) is 6.18. The SMILES string of the molecule is COC(=O)C(=CI)NC(C)=O. The largest absolute Gasteiger partial charge is 0.464 e. The number of methoxy groups -OCH3 is 1. The molecule has 0 aromatic heterocycles. The van der Waals surface area contributed by atoms with Gasteiger partial charge in [0.25, 0.3) is 0 Å². The van der Waals surface area contributed by atoms with Crippen molar-refractivity contribution in [3.63, 3.8) is 0 Å². The first-order valence-electron chi connectivity index (χ1n) is 2.78. The van der Waals surface area contributed by atoms with E-state index in [1.807, 2.05) is 22.6 Å². The van der Waals surface area contributed by atoms with Gasteiger partial charge in [-0.1, -0.05) is 22.6 Å². The number of amides is 1. The Morgan fingerprint density at radius 3 is 2.36 bits per heavy atom. The van der Waals surface area contributed by atoms with Crippen molar-refractivity contribution in [2.75, 3.05) is 7.11 Å². The fourth-order valence-corrected chi connectivity index (χ4v) is 0.832. The second-order valence-corrected chi connectivity index (χ2v) is 2.32. The number of carbonyl (C=O) groups excluding carboxylic acids is 2. The van der Waals surface area contributed by atoms with E-state index in [1.54, 1.807) is 0 Å². The van der Waals surface area contributed by atoms with E-state index in [4.69, 9.17) is 0 Å². The molecule has 0 spiro atoms. The molecule has 4 nitrogen and oxygen atoms in total. The van der Waals surface area contributed by atoms with Crippen LogP contribution >= 0.6 is 22.6 Å². The van der Waals surface area contributed by atoms with Crippen LogP contribution < -0.4 is 5.32 Å². The molecule has 0 unspecified atom stereocenters. The van der Waals surface area contributed by atoms with Crippen molar-refractivity contribution >= 4 is 34.5 Å². The van der Waals surface area contributed by atoms with Crippen LogP contribution in [0.1, 0.15) is 6.92 Å². The van der Waals surface area contributed by atoms with Gasteiger partial charge in [-0.15, -0.1) is 0 Å². The number of ether oxygens (including phenoxy) is 1. The summed E-state index contributed by atoms with van der Waals surface area (Å²) >= 11 is 1.84. The van der Waals surface area contributed by atoms with Gasteiger partial charge in [-0.05, 0) is 0 Å². The maximum absolute atomic E-state index is 10.8. The highest BCUT2D eigenvalue weighted by molar-refractivity contribution is 14.1. The molecular formula is C6H8INO3. The van der Waals surface area contributed by atoms with Gasteiger partial charge in [0.1, 0.15) is 5.70 Å². The van der Waals surface area contributed by atoms with Crippen molar-refractivity contribution in [1.82, 2.24) is 5.32 Å². The summed E-state index contributed by atoms with van der Waals surface area (Å²) in [5.41, 5.74) is 0.153. The molecule has 0 saturated carbocycles. The summed E-state index contributed by atoms with van der Waals surface area (Å²) in [6, 6.07) is 0. The van der Waals surface area contributed by atoms with Crippen LogP contribution in [0.25, 0.3) is 0 Å². The van der Waals surface area contributed by atoms with E-state index >= 15 is 0 Å². The van der Waals surface area contributed by atoms with Gasteiger partial charge in [-0.25, -0.2) is 4.79 Å². The molecule has 0 saturated heterocycles. The number of rotatable bonds is 2.